The molecule has 0 aliphatic heterocycles. The van der Waals surface area contributed by atoms with Gasteiger partial charge in [-0.25, -0.2) is 0 Å². The molecular weight excluding hydrogens is 495 g/mol. The van der Waals surface area contributed by atoms with E-state index in [1.807, 2.05) is 12.3 Å². The van der Waals surface area contributed by atoms with E-state index in [-0.39, 0.29) is 11.0 Å². The largest absolute Gasteiger partial charge is 0.370 e. The third-order valence-electron chi connectivity index (χ3n) is 8.56. The molecule has 4 fully saturated rings. The van der Waals surface area contributed by atoms with E-state index in [0.717, 1.165) is 73.7 Å². The van der Waals surface area contributed by atoms with E-state index in [4.69, 9.17) is 37.4 Å². The molecule has 0 radical (unpaired) electrons. The zero-order chi connectivity index (χ0) is 24.3. The second kappa shape index (κ2) is 8.51. The topological polar surface area (TPSA) is 73.9 Å². The summed E-state index contributed by atoms with van der Waals surface area (Å²) in [6.45, 7) is 0.451. The highest BCUT2D eigenvalue weighted by Gasteiger charge is 2.51. The van der Waals surface area contributed by atoms with Crippen LogP contribution in [0.15, 0.2) is 47.4 Å². The van der Waals surface area contributed by atoms with Gasteiger partial charge in [0.15, 0.2) is 0 Å². The summed E-state index contributed by atoms with van der Waals surface area (Å²) in [6, 6.07) is 8.30. The Bertz CT molecular complexity index is 1420. The number of hydrogen-bond donors (Lipinski definition) is 0. The van der Waals surface area contributed by atoms with Crippen LogP contribution in [0, 0.1) is 0 Å². The van der Waals surface area contributed by atoms with Crippen LogP contribution >= 0.6 is 23.2 Å². The molecular formula is C28H26Cl2N4O2. The lowest BCUT2D eigenvalue weighted by molar-refractivity contribution is -0.127. The smallest absolute Gasteiger partial charge is 0.145 e. The predicted octanol–water partition coefficient (Wildman–Crippen LogP) is 7.43. The van der Waals surface area contributed by atoms with Gasteiger partial charge >= 0.3 is 0 Å². The predicted molar refractivity (Wildman–Crippen MR) is 138 cm³/mol. The Morgan fingerprint density at radius 2 is 1.69 bits per heavy atom. The summed E-state index contributed by atoms with van der Waals surface area (Å²) in [5.74, 6) is 1.32. The molecule has 0 unspecified atom stereocenters. The van der Waals surface area contributed by atoms with Gasteiger partial charge in [-0.15, -0.1) is 0 Å². The molecule has 8 rings (SSSR count). The molecule has 4 aromatic rings. The van der Waals surface area contributed by atoms with Gasteiger partial charge in [0, 0.05) is 46.7 Å². The summed E-state index contributed by atoms with van der Waals surface area (Å²) in [4.78, 5) is 13.5. The highest BCUT2D eigenvalue weighted by molar-refractivity contribution is 6.38. The molecule has 0 amide bonds. The number of pyridine rings is 3. The van der Waals surface area contributed by atoms with Crippen molar-refractivity contribution in [3.63, 3.8) is 0 Å². The fourth-order valence-corrected chi connectivity index (χ4v) is 6.73. The van der Waals surface area contributed by atoms with Crippen LogP contribution in [0.25, 0.3) is 22.3 Å². The molecule has 6 nitrogen and oxygen atoms in total. The minimum Gasteiger partial charge on any atom is -0.370 e. The quantitative estimate of drug-likeness (QED) is 0.263. The summed E-state index contributed by atoms with van der Waals surface area (Å²) >= 11 is 13.0. The molecule has 0 aromatic carbocycles. The molecule has 4 heterocycles. The molecule has 4 aliphatic carbocycles. The summed E-state index contributed by atoms with van der Waals surface area (Å²) in [6.07, 6.45) is 13.6. The van der Waals surface area contributed by atoms with Crippen LogP contribution in [0.3, 0.4) is 0 Å². The second-order valence-corrected chi connectivity index (χ2v) is 11.4. The molecule has 4 aliphatic rings. The maximum atomic E-state index is 6.78. The minimum atomic E-state index is -0.124. The highest BCUT2D eigenvalue weighted by Crippen LogP contribution is 2.55. The Hall–Kier alpha value is -2.54. The van der Waals surface area contributed by atoms with Crippen molar-refractivity contribution in [2.75, 3.05) is 0 Å². The second-order valence-electron chi connectivity index (χ2n) is 10.6. The van der Waals surface area contributed by atoms with E-state index in [1.165, 1.54) is 5.69 Å². The van der Waals surface area contributed by atoms with E-state index >= 15 is 0 Å². The van der Waals surface area contributed by atoms with Crippen LogP contribution < -0.4 is 0 Å². The van der Waals surface area contributed by atoms with E-state index < -0.39 is 0 Å². The lowest BCUT2D eigenvalue weighted by Gasteiger charge is -2.52. The average Bonchev–Trinajstić information content (AvgIpc) is 3.68. The molecule has 0 N–H and O–H groups in total. The van der Waals surface area contributed by atoms with Crippen LogP contribution in [-0.2, 0) is 16.8 Å². The third kappa shape index (κ3) is 3.73. The molecule has 0 atom stereocenters. The van der Waals surface area contributed by atoms with Crippen LogP contribution in [0.2, 0.25) is 10.0 Å². The zero-order valence-electron chi connectivity index (χ0n) is 19.8. The Kier molecular flexibility index (Phi) is 5.35. The first-order valence-corrected chi connectivity index (χ1v) is 13.5. The molecule has 0 spiro atoms. The maximum Gasteiger partial charge on any atom is 0.145 e. The summed E-state index contributed by atoms with van der Waals surface area (Å²) in [5.41, 5.74) is 5.47. The molecule has 0 saturated heterocycles. The van der Waals surface area contributed by atoms with Crippen LogP contribution in [0.5, 0.6) is 0 Å². The first kappa shape index (κ1) is 22.6. The lowest BCUT2D eigenvalue weighted by atomic mass is 9.57. The molecule has 36 heavy (non-hydrogen) atoms. The Morgan fingerprint density at radius 3 is 2.42 bits per heavy atom. The van der Waals surface area contributed by atoms with Gasteiger partial charge < -0.3 is 9.26 Å². The van der Waals surface area contributed by atoms with Gasteiger partial charge in [0.05, 0.1) is 33.3 Å². The van der Waals surface area contributed by atoms with Gasteiger partial charge in [-0.2, -0.15) is 0 Å². The van der Waals surface area contributed by atoms with Crippen molar-refractivity contribution in [3.8, 4) is 11.3 Å². The van der Waals surface area contributed by atoms with Crippen LogP contribution in [0.1, 0.15) is 74.3 Å². The number of nitrogens with zero attached hydrogens (tertiary/aromatic N) is 4. The lowest BCUT2D eigenvalue weighted by Crippen LogP contribution is -2.50. The zero-order valence-corrected chi connectivity index (χ0v) is 21.4. The van der Waals surface area contributed by atoms with Gasteiger partial charge in [0.1, 0.15) is 11.5 Å². The first-order chi connectivity index (χ1) is 17.6. The fourth-order valence-electron chi connectivity index (χ4n) is 6.19. The van der Waals surface area contributed by atoms with Gasteiger partial charge in [0.25, 0.3) is 0 Å². The molecule has 2 bridgehead atoms. The molecule has 8 heteroatoms. The minimum absolute atomic E-state index is 0.124. The summed E-state index contributed by atoms with van der Waals surface area (Å²) in [5, 5.41) is 5.34. The van der Waals surface area contributed by atoms with Crippen molar-refractivity contribution in [1.29, 1.82) is 0 Å². The highest BCUT2D eigenvalue weighted by atomic mass is 35.5. The van der Waals surface area contributed by atoms with Crippen molar-refractivity contribution in [1.82, 2.24) is 20.1 Å². The maximum absolute atomic E-state index is 6.78. The normalized spacial score (nSPS) is 25.5. The molecule has 184 valence electrons. The van der Waals surface area contributed by atoms with Gasteiger partial charge in [-0.1, -0.05) is 28.4 Å². The van der Waals surface area contributed by atoms with E-state index in [1.54, 1.807) is 12.4 Å². The van der Waals surface area contributed by atoms with Crippen molar-refractivity contribution < 1.29 is 9.26 Å². The van der Waals surface area contributed by atoms with Crippen LogP contribution in [-0.4, -0.2) is 25.7 Å². The number of fused-ring (bicyclic) bond motifs is 4. The van der Waals surface area contributed by atoms with Crippen molar-refractivity contribution in [3.05, 3.63) is 69.9 Å². The number of hydrogen-bond acceptors (Lipinski definition) is 6. The van der Waals surface area contributed by atoms with Crippen LogP contribution in [0.4, 0.5) is 0 Å². The molecule has 4 aromatic heterocycles. The monoisotopic (exact) mass is 520 g/mol. The van der Waals surface area contributed by atoms with Crippen molar-refractivity contribution in [2.45, 2.75) is 74.9 Å². The number of halogens is 2. The number of rotatable bonds is 6. The van der Waals surface area contributed by atoms with Gasteiger partial charge in [-0.3, -0.25) is 15.0 Å². The molecule has 4 saturated carbocycles. The number of aromatic nitrogens is 4. The van der Waals surface area contributed by atoms with Gasteiger partial charge in [0.2, 0.25) is 0 Å². The fraction of sp³-hybridized carbons (Fsp3) is 0.429. The third-order valence-corrected chi connectivity index (χ3v) is 9.13. The summed E-state index contributed by atoms with van der Waals surface area (Å²) < 4.78 is 12.6. The Balaban J connectivity index is 1.13. The van der Waals surface area contributed by atoms with E-state index in [2.05, 4.69) is 33.3 Å². The van der Waals surface area contributed by atoms with Crippen molar-refractivity contribution >= 4 is 34.2 Å². The Labute approximate surface area is 219 Å². The van der Waals surface area contributed by atoms with E-state index in [0.29, 0.717) is 33.8 Å². The van der Waals surface area contributed by atoms with Gasteiger partial charge in [-0.05, 0) is 75.6 Å². The first-order valence-electron chi connectivity index (χ1n) is 12.7. The average molecular weight is 521 g/mol. The van der Waals surface area contributed by atoms with E-state index in [9.17, 15) is 0 Å². The standard InChI is InChI=1S/C28H26Cl2N4O2/c29-19-14-31-15-20(30)24(19)25-18(26(36-34-25)17-3-4-17)16-35-28-10-7-27(8-11-28,9-12-28)23-6-5-21-22(33-23)2-1-13-32-21/h1-2,5-6,13-15,17H,3-4,7-12,16H2. The Morgan fingerprint density at radius 1 is 0.944 bits per heavy atom. The SMILES string of the molecule is Clc1cncc(Cl)c1-c1noc(C2CC2)c1COC12CCC(c3ccc4ncccc4n3)(CC1)CC2. The van der Waals surface area contributed by atoms with Crippen molar-refractivity contribution in [2.24, 2.45) is 0 Å². The summed E-state index contributed by atoms with van der Waals surface area (Å²) in [7, 11) is 0. The number of ether oxygens (including phenoxy) is 1.